The van der Waals surface area contributed by atoms with E-state index in [9.17, 15) is 5.26 Å². The van der Waals surface area contributed by atoms with Gasteiger partial charge in [-0.3, -0.25) is 5.26 Å². The number of hydrogen-bond donors (Lipinski definition) is 1. The molecule has 4 nitrogen and oxygen atoms in total. The van der Waals surface area contributed by atoms with Gasteiger partial charge in [-0.25, -0.2) is 14.9 Å². The van der Waals surface area contributed by atoms with Crippen LogP contribution in [0.3, 0.4) is 0 Å². The molecule has 0 radical (unpaired) electrons. The molecule has 0 spiro atoms. The molecule has 1 N–H and O–H groups in total. The minimum atomic E-state index is -0.240. The summed E-state index contributed by atoms with van der Waals surface area (Å²) in [6.07, 6.45) is 13.9. The molecule has 0 saturated heterocycles. The minimum Gasteiger partial charge on any atom is -0.251 e. The maximum Gasteiger partial charge on any atom is 0.159 e. The zero-order chi connectivity index (χ0) is 20.2. The van der Waals surface area contributed by atoms with Crippen molar-refractivity contribution < 1.29 is 10.1 Å². The van der Waals surface area contributed by atoms with Gasteiger partial charge < -0.3 is 0 Å². The van der Waals surface area contributed by atoms with Crippen molar-refractivity contribution in [3.63, 3.8) is 0 Å². The molecule has 29 heavy (non-hydrogen) atoms. The van der Waals surface area contributed by atoms with Crippen LogP contribution in [0.25, 0.3) is 11.4 Å². The molecule has 156 valence electrons. The summed E-state index contributed by atoms with van der Waals surface area (Å²) in [7, 11) is 0. The van der Waals surface area contributed by atoms with Gasteiger partial charge >= 0.3 is 0 Å². The van der Waals surface area contributed by atoms with E-state index in [2.05, 4.69) is 16.9 Å². The Kier molecular flexibility index (Phi) is 6.61. The molecular formula is C25H34N2O2. The molecule has 1 unspecified atom stereocenters. The summed E-state index contributed by atoms with van der Waals surface area (Å²) in [6, 6.07) is 8.16. The Morgan fingerprint density at radius 3 is 1.97 bits per heavy atom. The third kappa shape index (κ3) is 4.87. The number of aryl methyl sites for hydroxylation is 1. The molecule has 2 fully saturated rings. The van der Waals surface area contributed by atoms with Gasteiger partial charge in [-0.15, -0.1) is 0 Å². The molecular weight excluding hydrogens is 360 g/mol. The lowest BCUT2D eigenvalue weighted by Gasteiger charge is -2.38. The van der Waals surface area contributed by atoms with Crippen LogP contribution in [-0.4, -0.2) is 15.2 Å². The van der Waals surface area contributed by atoms with Crippen molar-refractivity contribution in [3.8, 4) is 11.4 Å². The molecule has 2 aliphatic rings. The second-order valence-corrected chi connectivity index (χ2v) is 9.43. The Morgan fingerprint density at radius 1 is 0.862 bits per heavy atom. The molecule has 0 aliphatic heterocycles. The Morgan fingerprint density at radius 2 is 1.41 bits per heavy atom. The van der Waals surface area contributed by atoms with Crippen LogP contribution in [0.5, 0.6) is 0 Å². The monoisotopic (exact) mass is 394 g/mol. The van der Waals surface area contributed by atoms with Gasteiger partial charge in [0, 0.05) is 18.0 Å². The van der Waals surface area contributed by atoms with E-state index in [4.69, 9.17) is 4.89 Å². The molecule has 4 heteroatoms. The third-order valence-corrected chi connectivity index (χ3v) is 7.36. The van der Waals surface area contributed by atoms with Crippen LogP contribution in [0.4, 0.5) is 0 Å². The quantitative estimate of drug-likeness (QED) is 0.457. The van der Waals surface area contributed by atoms with Crippen LogP contribution >= 0.6 is 0 Å². The Bertz CT molecular complexity index is 758. The number of benzene rings is 1. The van der Waals surface area contributed by atoms with Crippen LogP contribution in [0.1, 0.15) is 75.5 Å². The largest absolute Gasteiger partial charge is 0.251 e. The summed E-state index contributed by atoms with van der Waals surface area (Å²) in [5, 5.41) is 9.67. The fraction of sp³-hybridized carbons (Fsp3) is 0.600. The van der Waals surface area contributed by atoms with E-state index < -0.39 is 0 Å². The number of rotatable bonds is 5. The van der Waals surface area contributed by atoms with Crippen LogP contribution in [0, 0.1) is 30.6 Å². The first-order chi connectivity index (χ1) is 14.1. The van der Waals surface area contributed by atoms with Gasteiger partial charge in [-0.2, -0.15) is 0 Å². The fourth-order valence-electron chi connectivity index (χ4n) is 5.46. The van der Waals surface area contributed by atoms with Gasteiger partial charge in [-0.1, -0.05) is 44.0 Å². The lowest BCUT2D eigenvalue weighted by molar-refractivity contribution is -0.296. The van der Waals surface area contributed by atoms with Crippen molar-refractivity contribution in [3.05, 3.63) is 47.8 Å². The van der Waals surface area contributed by atoms with Crippen LogP contribution < -0.4 is 0 Å². The van der Waals surface area contributed by atoms with Gasteiger partial charge in [0.05, 0.1) is 0 Å². The Labute approximate surface area is 174 Å². The topological polar surface area (TPSA) is 55.2 Å². The molecule has 1 atom stereocenters. The summed E-state index contributed by atoms with van der Waals surface area (Å²) >= 11 is 0. The fourth-order valence-corrected chi connectivity index (χ4v) is 5.46. The third-order valence-electron chi connectivity index (χ3n) is 7.36. The van der Waals surface area contributed by atoms with E-state index in [0.29, 0.717) is 5.92 Å². The molecule has 2 aliphatic carbocycles. The molecule has 4 rings (SSSR count). The van der Waals surface area contributed by atoms with Crippen LogP contribution in [0.15, 0.2) is 36.7 Å². The van der Waals surface area contributed by atoms with Crippen molar-refractivity contribution >= 4 is 0 Å². The van der Waals surface area contributed by atoms with E-state index in [-0.39, 0.29) is 6.10 Å². The summed E-state index contributed by atoms with van der Waals surface area (Å²) in [5.41, 5.74) is 3.08. The first-order valence-electron chi connectivity index (χ1n) is 11.3. The SMILES string of the molecule is Cc1cnc(-c2ccc(C(OO)C3CCC(C4CCC(C)CC4)CC3)cc2)nc1. The summed E-state index contributed by atoms with van der Waals surface area (Å²) < 4.78 is 0. The lowest BCUT2D eigenvalue weighted by Crippen LogP contribution is -2.27. The highest BCUT2D eigenvalue weighted by Crippen LogP contribution is 2.44. The van der Waals surface area contributed by atoms with Crippen molar-refractivity contribution in [1.29, 1.82) is 0 Å². The lowest BCUT2D eigenvalue weighted by atomic mass is 9.68. The van der Waals surface area contributed by atoms with Gasteiger partial charge in [-0.05, 0) is 80.2 Å². The zero-order valence-electron chi connectivity index (χ0n) is 17.8. The predicted molar refractivity (Wildman–Crippen MR) is 115 cm³/mol. The van der Waals surface area contributed by atoms with Crippen LogP contribution in [0.2, 0.25) is 0 Å². The van der Waals surface area contributed by atoms with Crippen molar-refractivity contribution in [1.82, 2.24) is 9.97 Å². The molecule has 2 saturated carbocycles. The van der Waals surface area contributed by atoms with Gasteiger partial charge in [0.25, 0.3) is 0 Å². The second kappa shape index (κ2) is 9.36. The molecule has 1 aromatic carbocycles. The highest BCUT2D eigenvalue weighted by atomic mass is 17.1. The highest BCUT2D eigenvalue weighted by Gasteiger charge is 2.34. The maximum atomic E-state index is 9.67. The standard InChI is InChI=1S/C25H34N2O2/c1-17-3-5-19(6-4-17)20-7-9-21(10-8-20)24(29-28)22-11-13-23(14-12-22)25-26-15-18(2)16-27-25/h11-17,19-21,24,28H,3-10H2,1-2H3. The predicted octanol–water partition coefficient (Wildman–Crippen LogP) is 6.62. The molecule has 1 heterocycles. The van der Waals surface area contributed by atoms with Crippen LogP contribution in [-0.2, 0) is 4.89 Å². The normalized spacial score (nSPS) is 28.8. The van der Waals surface area contributed by atoms with Crippen molar-refractivity contribution in [2.45, 2.75) is 71.3 Å². The summed E-state index contributed by atoms with van der Waals surface area (Å²) in [6.45, 7) is 4.38. The van der Waals surface area contributed by atoms with Gasteiger partial charge in [0.15, 0.2) is 5.82 Å². The Balaban J connectivity index is 1.37. The minimum absolute atomic E-state index is 0.240. The average molecular weight is 395 g/mol. The summed E-state index contributed by atoms with van der Waals surface area (Å²) in [5.74, 6) is 3.84. The Hall–Kier alpha value is -1.78. The van der Waals surface area contributed by atoms with Crippen molar-refractivity contribution in [2.75, 3.05) is 0 Å². The van der Waals surface area contributed by atoms with E-state index in [1.807, 2.05) is 43.6 Å². The van der Waals surface area contributed by atoms with E-state index >= 15 is 0 Å². The molecule has 0 amide bonds. The van der Waals surface area contributed by atoms with E-state index in [0.717, 1.165) is 53.1 Å². The smallest absolute Gasteiger partial charge is 0.159 e. The number of hydrogen-bond acceptors (Lipinski definition) is 4. The maximum absolute atomic E-state index is 9.67. The average Bonchev–Trinajstić information content (AvgIpc) is 2.76. The van der Waals surface area contributed by atoms with Crippen molar-refractivity contribution in [2.24, 2.45) is 23.7 Å². The first kappa shape index (κ1) is 20.5. The second-order valence-electron chi connectivity index (χ2n) is 9.43. The molecule has 0 bridgehead atoms. The number of aromatic nitrogens is 2. The van der Waals surface area contributed by atoms with E-state index in [1.54, 1.807) is 0 Å². The first-order valence-corrected chi connectivity index (χ1v) is 11.3. The van der Waals surface area contributed by atoms with E-state index in [1.165, 1.54) is 38.5 Å². The highest BCUT2D eigenvalue weighted by molar-refractivity contribution is 5.55. The number of nitrogens with zero attached hydrogens (tertiary/aromatic N) is 2. The zero-order valence-corrected chi connectivity index (χ0v) is 17.8. The molecule has 1 aromatic heterocycles. The molecule has 2 aromatic rings. The van der Waals surface area contributed by atoms with Gasteiger partial charge in [0.1, 0.15) is 6.10 Å². The van der Waals surface area contributed by atoms with Gasteiger partial charge in [0.2, 0.25) is 0 Å². The summed E-state index contributed by atoms with van der Waals surface area (Å²) in [4.78, 5) is 13.8.